The van der Waals surface area contributed by atoms with E-state index in [1.165, 1.54) is 34.9 Å². The molecule has 0 bridgehead atoms. The van der Waals surface area contributed by atoms with Crippen LogP contribution in [0.25, 0.3) is 0 Å². The van der Waals surface area contributed by atoms with Gasteiger partial charge in [-0.05, 0) is 54.8 Å². The van der Waals surface area contributed by atoms with Gasteiger partial charge in [-0.3, -0.25) is 9.59 Å². The summed E-state index contributed by atoms with van der Waals surface area (Å²) in [7, 11) is 1.51. The number of hydrogen-bond donors (Lipinski definition) is 0. The summed E-state index contributed by atoms with van der Waals surface area (Å²) in [5, 5.41) is 0.421. The average Bonchev–Trinajstić information content (AvgIpc) is 3.09. The van der Waals surface area contributed by atoms with Crippen LogP contribution in [0.15, 0.2) is 82.2 Å². The number of ether oxygens (including phenoxy) is 1. The molecule has 172 valence electrons. The highest BCUT2D eigenvalue weighted by atomic mass is 35.5. The number of nitrogens with zero attached hydrogens (tertiary/aromatic N) is 2. The van der Waals surface area contributed by atoms with Crippen LogP contribution in [0.3, 0.4) is 0 Å². The van der Waals surface area contributed by atoms with E-state index >= 15 is 0 Å². The van der Waals surface area contributed by atoms with E-state index in [2.05, 4.69) is 12.1 Å². The summed E-state index contributed by atoms with van der Waals surface area (Å²) in [6.45, 7) is 3.24. The predicted molar refractivity (Wildman–Crippen MR) is 135 cm³/mol. The molecule has 3 aromatic rings. The van der Waals surface area contributed by atoms with E-state index in [0.29, 0.717) is 40.2 Å². The average molecular weight is 491 g/mol. The Morgan fingerprint density at radius 1 is 0.941 bits per heavy atom. The molecule has 2 aliphatic heterocycles. The summed E-state index contributed by atoms with van der Waals surface area (Å²) < 4.78 is 5.46. The molecule has 0 saturated carbocycles. The van der Waals surface area contributed by atoms with Crippen molar-refractivity contribution in [1.29, 1.82) is 0 Å². The van der Waals surface area contributed by atoms with Gasteiger partial charge in [0.05, 0.1) is 12.8 Å². The molecular weight excluding hydrogens is 468 g/mol. The van der Waals surface area contributed by atoms with E-state index in [1.54, 1.807) is 18.2 Å². The Bertz CT molecular complexity index is 1320. The second-order valence-electron chi connectivity index (χ2n) is 8.29. The third-order valence-corrected chi connectivity index (χ3v) is 7.40. The van der Waals surface area contributed by atoms with Gasteiger partial charge in [-0.25, -0.2) is 4.90 Å². The van der Waals surface area contributed by atoms with Crippen LogP contribution in [-0.4, -0.2) is 30.4 Å². The number of aryl methyl sites for hydroxylation is 1. The highest BCUT2D eigenvalue weighted by Gasteiger charge is 2.44. The molecular formula is C27H23ClN2O3S. The van der Waals surface area contributed by atoms with Gasteiger partial charge in [0.25, 0.3) is 11.8 Å². The molecule has 0 aliphatic carbocycles. The number of benzene rings is 3. The van der Waals surface area contributed by atoms with Crippen molar-refractivity contribution in [2.24, 2.45) is 0 Å². The van der Waals surface area contributed by atoms with Gasteiger partial charge in [-0.2, -0.15) is 0 Å². The maximum atomic E-state index is 13.9. The van der Waals surface area contributed by atoms with Crippen molar-refractivity contribution >= 4 is 40.9 Å². The monoisotopic (exact) mass is 490 g/mol. The topological polar surface area (TPSA) is 49.9 Å². The number of rotatable bonds is 5. The first-order valence-electron chi connectivity index (χ1n) is 11.0. The molecule has 0 unspecified atom stereocenters. The molecule has 0 fully saturated rings. The van der Waals surface area contributed by atoms with Crippen molar-refractivity contribution in [2.75, 3.05) is 18.6 Å². The molecule has 5 rings (SSSR count). The van der Waals surface area contributed by atoms with E-state index in [-0.39, 0.29) is 11.8 Å². The Labute approximate surface area is 208 Å². The zero-order valence-corrected chi connectivity index (χ0v) is 20.4. The fourth-order valence-electron chi connectivity index (χ4n) is 4.34. The van der Waals surface area contributed by atoms with Crippen LogP contribution in [0.4, 0.5) is 5.69 Å². The number of halogens is 1. The quantitative estimate of drug-likeness (QED) is 0.436. The number of anilines is 1. The molecule has 2 aliphatic rings. The van der Waals surface area contributed by atoms with Crippen molar-refractivity contribution in [3.63, 3.8) is 0 Å². The Hall–Kier alpha value is -3.22. The molecule has 7 heteroatoms. The van der Waals surface area contributed by atoms with E-state index in [4.69, 9.17) is 16.3 Å². The number of hydrogen-bond acceptors (Lipinski definition) is 5. The van der Waals surface area contributed by atoms with Crippen molar-refractivity contribution < 1.29 is 14.3 Å². The van der Waals surface area contributed by atoms with E-state index in [1.807, 2.05) is 48.2 Å². The molecule has 2 heterocycles. The normalized spacial score (nSPS) is 15.7. The van der Waals surface area contributed by atoms with E-state index in [9.17, 15) is 9.59 Å². The lowest BCUT2D eigenvalue weighted by Gasteiger charge is -2.31. The highest BCUT2D eigenvalue weighted by Crippen LogP contribution is 2.43. The standard InChI is InChI=1S/C27H23ClN2O3S/c1-17-7-10-21(11-8-17)34-25-24(29-14-13-18-5-3-4-6-19(18)16-29)26(31)30(27(25)32)22-15-20(28)9-12-23(22)33-2/h3-12,15H,13-14,16H2,1-2H3. The zero-order chi connectivity index (χ0) is 23.8. The fraction of sp³-hybridized carbons (Fsp3) is 0.185. The van der Waals surface area contributed by atoms with E-state index < -0.39 is 0 Å². The molecule has 3 aromatic carbocycles. The van der Waals surface area contributed by atoms with E-state index in [0.717, 1.165) is 16.9 Å². The van der Waals surface area contributed by atoms with Gasteiger partial charge in [-0.1, -0.05) is 65.3 Å². The lowest BCUT2D eigenvalue weighted by Crippen LogP contribution is -2.37. The van der Waals surface area contributed by atoms with Gasteiger partial charge < -0.3 is 9.64 Å². The Balaban J connectivity index is 1.59. The lowest BCUT2D eigenvalue weighted by atomic mass is 9.99. The Morgan fingerprint density at radius 3 is 2.41 bits per heavy atom. The third kappa shape index (κ3) is 4.08. The number of carbonyl (C=O) groups is 2. The molecule has 2 amide bonds. The number of imide groups is 1. The van der Waals surface area contributed by atoms with Crippen LogP contribution in [0, 0.1) is 6.92 Å². The second-order valence-corrected chi connectivity index (χ2v) is 9.82. The van der Waals surface area contributed by atoms with Crippen molar-refractivity contribution in [3.8, 4) is 5.75 Å². The smallest absolute Gasteiger partial charge is 0.283 e. The van der Waals surface area contributed by atoms with Crippen LogP contribution >= 0.6 is 23.4 Å². The van der Waals surface area contributed by atoms with Gasteiger partial charge in [-0.15, -0.1) is 0 Å². The molecule has 0 saturated heterocycles. The summed E-state index contributed by atoms with van der Waals surface area (Å²) in [4.78, 5) is 32.1. The van der Waals surface area contributed by atoms with Gasteiger partial charge in [0.15, 0.2) is 0 Å². The third-order valence-electron chi connectivity index (χ3n) is 6.09. The summed E-state index contributed by atoms with van der Waals surface area (Å²) in [6.07, 6.45) is 0.810. The zero-order valence-electron chi connectivity index (χ0n) is 18.9. The van der Waals surface area contributed by atoms with Gasteiger partial charge in [0, 0.05) is 23.0 Å². The molecule has 5 nitrogen and oxygen atoms in total. The molecule has 34 heavy (non-hydrogen) atoms. The van der Waals surface area contributed by atoms with Crippen LogP contribution in [0.2, 0.25) is 5.02 Å². The lowest BCUT2D eigenvalue weighted by molar-refractivity contribution is -0.121. The number of fused-ring (bicyclic) bond motifs is 1. The molecule has 0 atom stereocenters. The van der Waals surface area contributed by atoms with Crippen LogP contribution < -0.4 is 9.64 Å². The van der Waals surface area contributed by atoms with Crippen molar-refractivity contribution in [2.45, 2.75) is 24.8 Å². The summed E-state index contributed by atoms with van der Waals surface area (Å²) in [5.41, 5.74) is 4.34. The molecule has 0 N–H and O–H groups in total. The minimum atomic E-state index is -0.370. The number of amides is 2. The Morgan fingerprint density at radius 2 is 1.68 bits per heavy atom. The van der Waals surface area contributed by atoms with Crippen LogP contribution in [0.5, 0.6) is 5.75 Å². The van der Waals surface area contributed by atoms with Crippen LogP contribution in [-0.2, 0) is 22.6 Å². The van der Waals surface area contributed by atoms with Gasteiger partial charge in [0.2, 0.25) is 0 Å². The van der Waals surface area contributed by atoms with Gasteiger partial charge in [0.1, 0.15) is 16.4 Å². The molecule has 0 aromatic heterocycles. The fourth-order valence-corrected chi connectivity index (χ4v) is 5.50. The van der Waals surface area contributed by atoms with Crippen molar-refractivity contribution in [3.05, 3.63) is 99.0 Å². The minimum absolute atomic E-state index is 0.347. The minimum Gasteiger partial charge on any atom is -0.495 e. The molecule has 0 spiro atoms. The largest absolute Gasteiger partial charge is 0.495 e. The Kier molecular flexibility index (Phi) is 6.11. The first-order chi connectivity index (χ1) is 16.5. The number of thioether (sulfide) groups is 1. The summed E-state index contributed by atoms with van der Waals surface area (Å²) >= 11 is 7.56. The first-order valence-corrected chi connectivity index (χ1v) is 12.2. The number of carbonyl (C=O) groups excluding carboxylic acids is 2. The molecule has 0 radical (unpaired) electrons. The van der Waals surface area contributed by atoms with Crippen LogP contribution in [0.1, 0.15) is 16.7 Å². The predicted octanol–water partition coefficient (Wildman–Crippen LogP) is 5.59. The van der Waals surface area contributed by atoms with Crippen molar-refractivity contribution in [1.82, 2.24) is 4.90 Å². The number of methoxy groups -OCH3 is 1. The summed E-state index contributed by atoms with van der Waals surface area (Å²) in [6, 6.07) is 21.1. The maximum Gasteiger partial charge on any atom is 0.283 e. The first kappa shape index (κ1) is 22.6. The summed E-state index contributed by atoms with van der Waals surface area (Å²) in [5.74, 6) is -0.319. The maximum absolute atomic E-state index is 13.9. The van der Waals surface area contributed by atoms with Gasteiger partial charge >= 0.3 is 0 Å². The second kappa shape index (κ2) is 9.20. The SMILES string of the molecule is COc1ccc(Cl)cc1N1C(=O)C(Sc2ccc(C)cc2)=C(N2CCc3ccccc3C2)C1=O. The highest BCUT2D eigenvalue weighted by molar-refractivity contribution is 8.04.